The number of aromatic nitrogens is 1. The Morgan fingerprint density at radius 1 is 1.21 bits per heavy atom. The van der Waals surface area contributed by atoms with Crippen LogP contribution in [0.15, 0.2) is 36.4 Å². The lowest BCUT2D eigenvalue weighted by Crippen LogP contribution is -2.73. The fourth-order valence-corrected chi connectivity index (χ4v) is 6.85. The molecule has 5 nitrogen and oxygen atoms in total. The number of piperidine rings is 1. The lowest BCUT2D eigenvalue weighted by molar-refractivity contribution is -0.167. The lowest BCUT2D eigenvalue weighted by Gasteiger charge is -2.62. The minimum Gasteiger partial charge on any atom is -0.504 e. The topological polar surface area (TPSA) is 68.7 Å². The minimum absolute atomic E-state index is 0. The number of para-hydroxylation sites is 1. The van der Waals surface area contributed by atoms with E-state index in [0.717, 1.165) is 47.1 Å². The molecule has 3 N–H and O–H groups in total. The number of hydrogen-bond donors (Lipinski definition) is 3. The van der Waals surface area contributed by atoms with E-state index in [1.54, 1.807) is 6.07 Å². The average Bonchev–Trinajstić information content (AvgIpc) is 3.22. The lowest BCUT2D eigenvalue weighted by atomic mass is 9.49. The van der Waals surface area contributed by atoms with Gasteiger partial charge < -0.3 is 24.8 Å². The minimum atomic E-state index is -0.922. The maximum atomic E-state index is 12.4. The van der Waals surface area contributed by atoms with Gasteiger partial charge in [-0.25, -0.2) is 0 Å². The molecule has 0 radical (unpaired) electrons. The third-order valence-electron chi connectivity index (χ3n) is 8.04. The predicted octanol–water partition coefficient (Wildman–Crippen LogP) is 3.21. The maximum absolute atomic E-state index is 12.4. The van der Waals surface area contributed by atoms with Crippen molar-refractivity contribution in [1.29, 1.82) is 0 Å². The van der Waals surface area contributed by atoms with Crippen LogP contribution in [0.4, 0.5) is 0 Å². The number of nitrogens with zero attached hydrogens (tertiary/aromatic N) is 1. The summed E-state index contributed by atoms with van der Waals surface area (Å²) in [6.45, 7) is 0.914. The van der Waals surface area contributed by atoms with Crippen molar-refractivity contribution < 1.29 is 14.9 Å². The van der Waals surface area contributed by atoms with Crippen LogP contribution in [0.2, 0.25) is 0 Å². The number of H-pyrrole nitrogens is 1. The summed E-state index contributed by atoms with van der Waals surface area (Å²) in [4.78, 5) is 5.92. The van der Waals surface area contributed by atoms with Gasteiger partial charge in [0, 0.05) is 28.9 Å². The second-order valence-corrected chi connectivity index (χ2v) is 9.03. The van der Waals surface area contributed by atoms with Gasteiger partial charge in [-0.1, -0.05) is 24.3 Å². The molecule has 2 aliphatic heterocycles. The zero-order valence-electron chi connectivity index (χ0n) is 16.1. The van der Waals surface area contributed by atoms with Crippen molar-refractivity contribution in [2.75, 3.05) is 13.6 Å². The van der Waals surface area contributed by atoms with E-state index in [0.29, 0.717) is 12.2 Å². The molecular weight excluding hydrogens is 388 g/mol. The monoisotopic (exact) mass is 410 g/mol. The first-order valence-corrected chi connectivity index (χ1v) is 10.1. The van der Waals surface area contributed by atoms with E-state index in [1.165, 1.54) is 5.56 Å². The third-order valence-corrected chi connectivity index (χ3v) is 8.04. The second kappa shape index (κ2) is 5.28. The molecule has 29 heavy (non-hydrogen) atoms. The molecule has 1 saturated heterocycles. The average molecular weight is 411 g/mol. The highest BCUT2D eigenvalue weighted by Gasteiger charge is 2.72. The fraction of sp³-hybridized carbons (Fsp3) is 0.391. The van der Waals surface area contributed by atoms with E-state index >= 15 is 0 Å². The van der Waals surface area contributed by atoms with Gasteiger partial charge in [-0.15, -0.1) is 12.4 Å². The zero-order valence-corrected chi connectivity index (χ0v) is 16.9. The van der Waals surface area contributed by atoms with Gasteiger partial charge in [-0.05, 0) is 49.7 Å². The van der Waals surface area contributed by atoms with E-state index in [9.17, 15) is 10.2 Å². The molecule has 4 aliphatic rings. The summed E-state index contributed by atoms with van der Waals surface area (Å²) in [7, 11) is 2.12. The number of hydrogen-bond acceptors (Lipinski definition) is 4. The zero-order chi connectivity index (χ0) is 18.8. The van der Waals surface area contributed by atoms with Crippen LogP contribution in [0.5, 0.6) is 11.5 Å². The van der Waals surface area contributed by atoms with E-state index in [2.05, 4.69) is 29.1 Å². The molecule has 0 unspecified atom stereocenters. The number of fused-ring (bicyclic) bond motifs is 4. The van der Waals surface area contributed by atoms with Crippen molar-refractivity contribution in [2.24, 2.45) is 0 Å². The van der Waals surface area contributed by atoms with Crippen LogP contribution in [0, 0.1) is 0 Å². The van der Waals surface area contributed by atoms with Crippen LogP contribution in [-0.2, 0) is 18.3 Å². The Morgan fingerprint density at radius 3 is 2.90 bits per heavy atom. The van der Waals surface area contributed by atoms with Crippen LogP contribution in [0.3, 0.4) is 0 Å². The molecule has 1 spiro atoms. The van der Waals surface area contributed by atoms with Gasteiger partial charge in [-0.3, -0.25) is 0 Å². The molecule has 0 amide bonds. The van der Waals surface area contributed by atoms with Gasteiger partial charge in [0.05, 0.1) is 16.7 Å². The normalized spacial score (nSPS) is 33.6. The largest absolute Gasteiger partial charge is 0.504 e. The van der Waals surface area contributed by atoms with E-state index < -0.39 is 11.0 Å². The highest BCUT2D eigenvalue weighted by atomic mass is 35.5. The van der Waals surface area contributed by atoms with Crippen molar-refractivity contribution in [3.63, 3.8) is 0 Å². The smallest absolute Gasteiger partial charge is 0.166 e. The van der Waals surface area contributed by atoms with Gasteiger partial charge in [0.25, 0.3) is 0 Å². The number of halogens is 1. The number of aromatic hydroxyl groups is 1. The molecular formula is C23H23ClN2O3. The van der Waals surface area contributed by atoms with Gasteiger partial charge in [0.1, 0.15) is 0 Å². The SMILES string of the molecule is CN1CC[C@]23c4c5ccc(O)c4O[C@H]2c2[nH]c4ccccc4c2C[C@@]3(O)[C@H]1C5.Cl. The molecule has 2 bridgehead atoms. The molecule has 4 atom stereocenters. The number of phenolic OH excluding ortho intramolecular Hbond substituents is 1. The number of aromatic amines is 1. The molecule has 3 heterocycles. The Labute approximate surface area is 174 Å². The summed E-state index contributed by atoms with van der Waals surface area (Å²) in [6.07, 6.45) is 1.91. The summed E-state index contributed by atoms with van der Waals surface area (Å²) < 4.78 is 6.51. The molecule has 6 heteroatoms. The number of benzene rings is 2. The standard InChI is InChI=1S/C23H22N2O3.ClH/c1-25-9-8-22-18-12-6-7-16(26)20(18)28-21(22)19-14(11-23(22,27)17(25)10-12)13-4-2-3-5-15(13)24-19;/h2-7,17,21,24,26-27H,8-11H2,1H3;1H/t17-,21+,22+,23-;/m1./s1. The van der Waals surface area contributed by atoms with Gasteiger partial charge in [0.15, 0.2) is 17.6 Å². The Kier molecular flexibility index (Phi) is 3.21. The summed E-state index contributed by atoms with van der Waals surface area (Å²) in [6, 6.07) is 12.1. The molecule has 3 aromatic rings. The van der Waals surface area contributed by atoms with Crippen molar-refractivity contribution in [1.82, 2.24) is 9.88 Å². The fourth-order valence-electron chi connectivity index (χ4n) is 6.85. The van der Waals surface area contributed by atoms with Crippen molar-refractivity contribution >= 4 is 23.3 Å². The van der Waals surface area contributed by atoms with Crippen LogP contribution in [0.25, 0.3) is 10.9 Å². The number of likely N-dealkylation sites (tertiary alicyclic amines) is 1. The molecule has 7 rings (SSSR count). The maximum Gasteiger partial charge on any atom is 0.166 e. The predicted molar refractivity (Wildman–Crippen MR) is 112 cm³/mol. The van der Waals surface area contributed by atoms with E-state index in [-0.39, 0.29) is 30.3 Å². The van der Waals surface area contributed by atoms with Gasteiger partial charge in [0.2, 0.25) is 0 Å². The third kappa shape index (κ3) is 1.73. The number of nitrogens with one attached hydrogen (secondary N) is 1. The number of phenols is 1. The Morgan fingerprint density at radius 2 is 2.03 bits per heavy atom. The van der Waals surface area contributed by atoms with Crippen LogP contribution < -0.4 is 4.74 Å². The quantitative estimate of drug-likeness (QED) is 0.532. The molecule has 2 aromatic carbocycles. The van der Waals surface area contributed by atoms with Crippen molar-refractivity contribution in [2.45, 2.75) is 42.4 Å². The van der Waals surface area contributed by atoms with E-state index in [4.69, 9.17) is 4.74 Å². The Bertz CT molecular complexity index is 1190. The van der Waals surface area contributed by atoms with Crippen molar-refractivity contribution in [3.05, 3.63) is 58.8 Å². The number of aliphatic hydroxyl groups is 1. The highest BCUT2D eigenvalue weighted by molar-refractivity contribution is 5.86. The van der Waals surface area contributed by atoms with Gasteiger partial charge >= 0.3 is 0 Å². The van der Waals surface area contributed by atoms with E-state index in [1.807, 2.05) is 18.2 Å². The molecule has 0 saturated carbocycles. The Hall–Kier alpha value is -2.21. The summed E-state index contributed by atoms with van der Waals surface area (Å²) in [5, 5.41) is 24.1. The molecule has 2 aliphatic carbocycles. The molecule has 150 valence electrons. The van der Waals surface area contributed by atoms with Crippen LogP contribution in [-0.4, -0.2) is 45.3 Å². The summed E-state index contributed by atoms with van der Waals surface area (Å²) in [5.41, 5.74) is 4.13. The van der Waals surface area contributed by atoms with Crippen molar-refractivity contribution in [3.8, 4) is 11.5 Å². The molecule has 1 fully saturated rings. The number of rotatable bonds is 0. The van der Waals surface area contributed by atoms with Crippen LogP contribution >= 0.6 is 12.4 Å². The second-order valence-electron chi connectivity index (χ2n) is 9.03. The highest BCUT2D eigenvalue weighted by Crippen LogP contribution is 2.68. The number of ether oxygens (including phenoxy) is 1. The summed E-state index contributed by atoms with van der Waals surface area (Å²) in [5.74, 6) is 0.760. The van der Waals surface area contributed by atoms with Crippen LogP contribution in [0.1, 0.15) is 34.9 Å². The first-order chi connectivity index (χ1) is 13.5. The Balaban J connectivity index is 0.00000165. The first kappa shape index (κ1) is 17.6. The summed E-state index contributed by atoms with van der Waals surface area (Å²) >= 11 is 0. The van der Waals surface area contributed by atoms with Gasteiger partial charge in [-0.2, -0.15) is 0 Å². The molecule has 1 aromatic heterocycles. The number of likely N-dealkylation sites (N-methyl/N-ethyl adjacent to an activating group) is 1. The first-order valence-electron chi connectivity index (χ1n) is 10.1.